The molecule has 0 spiro atoms. The second-order valence-corrected chi connectivity index (χ2v) is 5.98. The van der Waals surface area contributed by atoms with Crippen molar-refractivity contribution < 1.29 is 9.84 Å². The van der Waals surface area contributed by atoms with Crippen LogP contribution < -0.4 is 4.74 Å². The molecular weight excluding hydrogens is 324 g/mol. The Bertz CT molecular complexity index is 707. The topological polar surface area (TPSA) is 29.5 Å². The molecule has 1 N–H and O–H groups in total. The van der Waals surface area contributed by atoms with Crippen LogP contribution in [0.3, 0.4) is 0 Å². The van der Waals surface area contributed by atoms with Crippen LogP contribution in [0.2, 0.25) is 0 Å². The average Bonchev–Trinajstić information content (AvgIpc) is 2.73. The third kappa shape index (κ3) is 2.60. The monoisotopic (exact) mass is 334 g/mol. The van der Waals surface area contributed by atoms with E-state index in [0.717, 1.165) is 25.9 Å². The molecule has 0 saturated heterocycles. The smallest absolute Gasteiger partial charge is 0.186 e. The minimum atomic E-state index is 0.301. The van der Waals surface area contributed by atoms with Gasteiger partial charge in [-0.1, -0.05) is 41.7 Å². The van der Waals surface area contributed by atoms with E-state index in [2.05, 4.69) is 15.9 Å². The molecule has 19 heavy (non-hydrogen) atoms. The molecule has 1 heterocycles. The average molecular weight is 335 g/mol. The molecule has 4 heteroatoms. The highest BCUT2D eigenvalue weighted by atomic mass is 79.9. The van der Waals surface area contributed by atoms with Gasteiger partial charge in [0, 0.05) is 10.1 Å². The van der Waals surface area contributed by atoms with Gasteiger partial charge in [0.2, 0.25) is 0 Å². The van der Waals surface area contributed by atoms with E-state index >= 15 is 0 Å². The van der Waals surface area contributed by atoms with E-state index in [9.17, 15) is 5.11 Å². The molecule has 0 aliphatic carbocycles. The lowest BCUT2D eigenvalue weighted by atomic mass is 10.2. The van der Waals surface area contributed by atoms with Crippen LogP contribution in [-0.2, 0) is 6.61 Å². The molecule has 3 rings (SSSR count). The summed E-state index contributed by atoms with van der Waals surface area (Å²) in [6.07, 6.45) is 0. The van der Waals surface area contributed by atoms with Crippen LogP contribution in [0.5, 0.6) is 10.8 Å². The van der Waals surface area contributed by atoms with Crippen molar-refractivity contribution in [3.05, 3.63) is 58.6 Å². The maximum absolute atomic E-state index is 9.67. The van der Waals surface area contributed by atoms with E-state index in [0.29, 0.717) is 11.7 Å². The Kier molecular flexibility index (Phi) is 3.44. The molecule has 0 amide bonds. The molecular formula is C15H11BrO2S. The van der Waals surface area contributed by atoms with Crippen LogP contribution in [0.4, 0.5) is 0 Å². The number of ether oxygens (including phenoxy) is 1. The van der Waals surface area contributed by atoms with Gasteiger partial charge >= 0.3 is 0 Å². The maximum atomic E-state index is 9.67. The van der Waals surface area contributed by atoms with Crippen molar-refractivity contribution in [1.82, 2.24) is 0 Å². The Hall–Kier alpha value is -1.52. The number of hydrogen-bond donors (Lipinski definition) is 1. The summed E-state index contributed by atoms with van der Waals surface area (Å²) in [5, 5.41) is 11.0. The van der Waals surface area contributed by atoms with Gasteiger partial charge in [-0.3, -0.25) is 0 Å². The van der Waals surface area contributed by atoms with Gasteiger partial charge in [0.15, 0.2) is 5.06 Å². The standard InChI is InChI=1S/C15H11BrO2S/c16-14-12-7-6-11(8-13(12)19-15(14)17)18-9-10-4-2-1-3-5-10/h1-8,17H,9H2. The fourth-order valence-corrected chi connectivity index (χ4v) is 3.45. The van der Waals surface area contributed by atoms with Gasteiger partial charge in [0.1, 0.15) is 12.4 Å². The van der Waals surface area contributed by atoms with Gasteiger partial charge in [0.25, 0.3) is 0 Å². The molecule has 0 radical (unpaired) electrons. The summed E-state index contributed by atoms with van der Waals surface area (Å²) in [5.41, 5.74) is 1.14. The van der Waals surface area contributed by atoms with Gasteiger partial charge < -0.3 is 9.84 Å². The first-order valence-corrected chi connectivity index (χ1v) is 7.43. The molecule has 0 atom stereocenters. The van der Waals surface area contributed by atoms with E-state index in [1.807, 2.05) is 48.5 Å². The maximum Gasteiger partial charge on any atom is 0.186 e. The number of benzene rings is 2. The van der Waals surface area contributed by atoms with Gasteiger partial charge in [-0.05, 0) is 39.7 Å². The van der Waals surface area contributed by atoms with E-state index in [-0.39, 0.29) is 0 Å². The van der Waals surface area contributed by atoms with E-state index in [4.69, 9.17) is 4.74 Å². The van der Waals surface area contributed by atoms with Crippen LogP contribution in [0.25, 0.3) is 10.1 Å². The summed E-state index contributed by atoms with van der Waals surface area (Å²) in [6.45, 7) is 0.547. The normalized spacial score (nSPS) is 10.8. The third-order valence-corrected chi connectivity index (χ3v) is 4.85. The number of hydrogen-bond acceptors (Lipinski definition) is 3. The van der Waals surface area contributed by atoms with Gasteiger partial charge in [-0.25, -0.2) is 0 Å². The molecule has 0 bridgehead atoms. The summed E-state index contributed by atoms with van der Waals surface area (Å²) in [4.78, 5) is 0. The Morgan fingerprint density at radius 1 is 1.11 bits per heavy atom. The zero-order valence-electron chi connectivity index (χ0n) is 9.97. The zero-order valence-corrected chi connectivity index (χ0v) is 12.4. The Morgan fingerprint density at radius 2 is 1.89 bits per heavy atom. The van der Waals surface area contributed by atoms with Gasteiger partial charge in [-0.15, -0.1) is 0 Å². The van der Waals surface area contributed by atoms with Crippen molar-refractivity contribution in [2.24, 2.45) is 0 Å². The highest BCUT2D eigenvalue weighted by molar-refractivity contribution is 9.10. The lowest BCUT2D eigenvalue weighted by Crippen LogP contribution is -1.94. The third-order valence-electron chi connectivity index (χ3n) is 2.83. The lowest BCUT2D eigenvalue weighted by Gasteiger charge is -2.06. The van der Waals surface area contributed by atoms with Crippen molar-refractivity contribution in [1.29, 1.82) is 0 Å². The predicted molar refractivity (Wildman–Crippen MR) is 82.0 cm³/mol. The summed E-state index contributed by atoms with van der Waals surface area (Å²) in [5.74, 6) is 0.810. The number of fused-ring (bicyclic) bond motifs is 1. The summed E-state index contributed by atoms with van der Waals surface area (Å²) < 4.78 is 7.52. The second-order valence-electron chi connectivity index (χ2n) is 4.15. The number of halogens is 1. The van der Waals surface area contributed by atoms with Crippen molar-refractivity contribution in [2.45, 2.75) is 6.61 Å². The molecule has 0 unspecified atom stereocenters. The summed E-state index contributed by atoms with van der Waals surface area (Å²) >= 11 is 4.71. The van der Waals surface area contributed by atoms with E-state index < -0.39 is 0 Å². The lowest BCUT2D eigenvalue weighted by molar-refractivity contribution is 0.306. The second kappa shape index (κ2) is 5.23. The molecule has 0 aliphatic rings. The van der Waals surface area contributed by atoms with Crippen molar-refractivity contribution in [3.8, 4) is 10.8 Å². The van der Waals surface area contributed by atoms with Crippen LogP contribution in [0.15, 0.2) is 53.0 Å². The highest BCUT2D eigenvalue weighted by Crippen LogP contribution is 2.41. The van der Waals surface area contributed by atoms with E-state index in [1.54, 1.807) is 0 Å². The molecule has 3 aromatic rings. The Balaban J connectivity index is 1.82. The minimum absolute atomic E-state index is 0.301. The van der Waals surface area contributed by atoms with Crippen LogP contribution in [0.1, 0.15) is 5.56 Å². The molecule has 96 valence electrons. The minimum Gasteiger partial charge on any atom is -0.499 e. The summed E-state index contributed by atoms with van der Waals surface area (Å²) in [7, 11) is 0. The van der Waals surface area contributed by atoms with Crippen LogP contribution in [0, 0.1) is 0 Å². The predicted octanol–water partition coefficient (Wildman–Crippen LogP) is 4.95. The summed E-state index contributed by atoms with van der Waals surface area (Å²) in [6, 6.07) is 15.9. The highest BCUT2D eigenvalue weighted by Gasteiger charge is 2.09. The number of thiophene rings is 1. The van der Waals surface area contributed by atoms with E-state index in [1.165, 1.54) is 11.3 Å². The first-order chi connectivity index (χ1) is 9.24. The van der Waals surface area contributed by atoms with Crippen LogP contribution in [-0.4, -0.2) is 5.11 Å². The number of aromatic hydroxyl groups is 1. The van der Waals surface area contributed by atoms with Crippen molar-refractivity contribution >= 4 is 37.4 Å². The number of rotatable bonds is 3. The fourth-order valence-electron chi connectivity index (χ4n) is 1.86. The molecule has 2 aromatic carbocycles. The first kappa shape index (κ1) is 12.5. The largest absolute Gasteiger partial charge is 0.499 e. The molecule has 0 aliphatic heterocycles. The molecule has 0 fully saturated rings. The van der Waals surface area contributed by atoms with Gasteiger partial charge in [-0.2, -0.15) is 0 Å². The molecule has 2 nitrogen and oxygen atoms in total. The van der Waals surface area contributed by atoms with Crippen molar-refractivity contribution in [3.63, 3.8) is 0 Å². The van der Waals surface area contributed by atoms with Gasteiger partial charge in [0.05, 0.1) is 4.47 Å². The quantitative estimate of drug-likeness (QED) is 0.734. The van der Waals surface area contributed by atoms with Crippen LogP contribution >= 0.6 is 27.3 Å². The Labute approximate surface area is 123 Å². The Morgan fingerprint density at radius 3 is 2.68 bits per heavy atom. The first-order valence-electron chi connectivity index (χ1n) is 5.82. The fraction of sp³-hybridized carbons (Fsp3) is 0.0667. The van der Waals surface area contributed by atoms with Crippen molar-refractivity contribution in [2.75, 3.05) is 0 Å². The molecule has 1 aromatic heterocycles. The SMILES string of the molecule is Oc1sc2cc(OCc3ccccc3)ccc2c1Br. The molecule has 0 saturated carbocycles. The zero-order chi connectivity index (χ0) is 13.2.